The topological polar surface area (TPSA) is 19.4 Å². The monoisotopic (exact) mass is 301 g/mol. The Morgan fingerprint density at radius 1 is 1.16 bits per heavy atom. The third-order valence-electron chi connectivity index (χ3n) is 5.18. The van der Waals surface area contributed by atoms with E-state index in [1.54, 1.807) is 0 Å². The highest BCUT2D eigenvalue weighted by molar-refractivity contribution is 5.85. The number of halogens is 2. The number of pyridine rings is 1. The van der Waals surface area contributed by atoms with Gasteiger partial charge in [0.15, 0.2) is 0 Å². The number of hydrogen-bond donors (Lipinski definition) is 0. The minimum absolute atomic E-state index is 0. The molecule has 3 aliphatic heterocycles. The van der Waals surface area contributed by atoms with Gasteiger partial charge in [0.05, 0.1) is 11.9 Å². The van der Waals surface area contributed by atoms with Crippen LogP contribution in [0.15, 0.2) is 24.5 Å². The predicted octanol–water partition coefficient (Wildman–Crippen LogP) is 2.60. The van der Waals surface area contributed by atoms with Crippen molar-refractivity contribution in [3.63, 3.8) is 0 Å². The minimum atomic E-state index is 0. The lowest BCUT2D eigenvalue weighted by molar-refractivity contribution is 0.194. The first-order chi connectivity index (χ1) is 8.38. The second kappa shape index (κ2) is 5.47. The number of hydrogen-bond acceptors (Lipinski definition) is 3. The molecule has 0 aliphatic carbocycles. The lowest BCUT2D eigenvalue weighted by Gasteiger charge is -2.32. The normalized spacial score (nSPS) is 35.3. The zero-order valence-corrected chi connectivity index (χ0v) is 12.6. The Morgan fingerprint density at radius 3 is 2.53 bits per heavy atom. The summed E-state index contributed by atoms with van der Waals surface area (Å²) in [6.45, 7) is 5.11. The highest BCUT2D eigenvalue weighted by Gasteiger charge is 2.55. The van der Waals surface area contributed by atoms with Gasteiger partial charge in [0.2, 0.25) is 0 Å². The molecule has 106 valence electrons. The van der Waals surface area contributed by atoms with E-state index in [0.717, 1.165) is 5.92 Å². The van der Waals surface area contributed by atoms with E-state index in [4.69, 9.17) is 0 Å². The van der Waals surface area contributed by atoms with Crippen molar-refractivity contribution in [2.75, 3.05) is 31.1 Å². The van der Waals surface area contributed by atoms with Gasteiger partial charge in [-0.25, -0.2) is 0 Å². The average Bonchev–Trinajstić information content (AvgIpc) is 3.08. The summed E-state index contributed by atoms with van der Waals surface area (Å²) in [4.78, 5) is 9.53. The van der Waals surface area contributed by atoms with Crippen LogP contribution in [0.3, 0.4) is 0 Å². The number of nitrogens with zero attached hydrogens (tertiary/aromatic N) is 3. The van der Waals surface area contributed by atoms with Crippen LogP contribution in [0.4, 0.5) is 5.69 Å². The van der Waals surface area contributed by atoms with Crippen LogP contribution in [0.2, 0.25) is 0 Å². The van der Waals surface area contributed by atoms with Crippen LogP contribution >= 0.6 is 24.8 Å². The maximum absolute atomic E-state index is 4.24. The number of rotatable bonds is 1. The number of piperidine rings is 1. The van der Waals surface area contributed by atoms with E-state index in [9.17, 15) is 0 Å². The molecule has 0 radical (unpaired) electrons. The molecule has 0 saturated carbocycles. The van der Waals surface area contributed by atoms with Gasteiger partial charge in [0.25, 0.3) is 0 Å². The fourth-order valence-corrected chi connectivity index (χ4v) is 4.29. The summed E-state index contributed by atoms with van der Waals surface area (Å²) in [6.07, 6.45) is 8.08. The standard InChI is InChI=1S/C14H19N3.2ClH/c1-2-13(10-15-6-1)16-9-5-14(11-16)12-3-7-17(14)8-4-12;;/h1-2,6,10,12H,3-5,7-9,11H2;2*1H. The Bertz CT molecular complexity index is 406. The van der Waals surface area contributed by atoms with Crippen molar-refractivity contribution in [2.24, 2.45) is 5.92 Å². The van der Waals surface area contributed by atoms with Crippen LogP contribution in [0.5, 0.6) is 0 Å². The van der Waals surface area contributed by atoms with E-state index in [1.165, 1.54) is 51.1 Å². The van der Waals surface area contributed by atoms with E-state index in [0.29, 0.717) is 5.54 Å². The molecule has 4 rings (SSSR count). The Labute approximate surface area is 127 Å². The average molecular weight is 302 g/mol. The van der Waals surface area contributed by atoms with Crippen LogP contribution in [0.25, 0.3) is 0 Å². The van der Waals surface area contributed by atoms with E-state index < -0.39 is 0 Å². The molecule has 2 bridgehead atoms. The van der Waals surface area contributed by atoms with Crippen LogP contribution < -0.4 is 4.90 Å². The first-order valence-corrected chi connectivity index (χ1v) is 6.78. The van der Waals surface area contributed by atoms with Crippen molar-refractivity contribution in [2.45, 2.75) is 24.8 Å². The predicted molar refractivity (Wildman–Crippen MR) is 82.6 cm³/mol. The van der Waals surface area contributed by atoms with Gasteiger partial charge in [-0.1, -0.05) is 0 Å². The third kappa shape index (κ3) is 2.12. The second-order valence-electron chi connectivity index (χ2n) is 5.75. The van der Waals surface area contributed by atoms with Crippen molar-refractivity contribution in [3.05, 3.63) is 24.5 Å². The van der Waals surface area contributed by atoms with Crippen LogP contribution in [-0.2, 0) is 0 Å². The summed E-state index contributed by atoms with van der Waals surface area (Å²) in [5.74, 6) is 0.962. The van der Waals surface area contributed by atoms with E-state index >= 15 is 0 Å². The molecule has 5 heteroatoms. The van der Waals surface area contributed by atoms with Crippen molar-refractivity contribution >= 4 is 30.5 Å². The molecule has 0 amide bonds. The third-order valence-corrected chi connectivity index (χ3v) is 5.18. The maximum atomic E-state index is 4.24. The fraction of sp³-hybridized carbons (Fsp3) is 0.643. The van der Waals surface area contributed by atoms with E-state index in [-0.39, 0.29) is 24.8 Å². The molecule has 4 heterocycles. The van der Waals surface area contributed by atoms with E-state index in [1.807, 2.05) is 18.5 Å². The van der Waals surface area contributed by atoms with E-state index in [2.05, 4.69) is 20.9 Å². The van der Waals surface area contributed by atoms with Gasteiger partial charge in [-0.3, -0.25) is 9.88 Å². The van der Waals surface area contributed by atoms with Crippen molar-refractivity contribution < 1.29 is 0 Å². The summed E-state index contributed by atoms with van der Waals surface area (Å²) >= 11 is 0. The summed E-state index contributed by atoms with van der Waals surface area (Å²) < 4.78 is 0. The quantitative estimate of drug-likeness (QED) is 0.795. The molecule has 19 heavy (non-hydrogen) atoms. The molecule has 3 saturated heterocycles. The van der Waals surface area contributed by atoms with Gasteiger partial charge in [-0.15, -0.1) is 24.8 Å². The van der Waals surface area contributed by atoms with Gasteiger partial charge in [0, 0.05) is 24.8 Å². The first kappa shape index (κ1) is 14.9. The highest BCUT2D eigenvalue weighted by atomic mass is 35.5. The summed E-state index contributed by atoms with van der Waals surface area (Å²) in [5, 5.41) is 0. The summed E-state index contributed by atoms with van der Waals surface area (Å²) in [7, 11) is 0. The van der Waals surface area contributed by atoms with Gasteiger partial charge in [-0.05, 0) is 50.4 Å². The highest BCUT2D eigenvalue weighted by Crippen LogP contribution is 2.49. The maximum Gasteiger partial charge on any atom is 0.0553 e. The Morgan fingerprint density at radius 2 is 1.95 bits per heavy atom. The molecule has 3 nitrogen and oxygen atoms in total. The SMILES string of the molecule is Cl.Cl.c1cncc(N2CCC3(C2)C2CCN3CC2)c1. The second-order valence-corrected chi connectivity index (χ2v) is 5.75. The lowest BCUT2D eigenvalue weighted by atomic mass is 9.85. The van der Waals surface area contributed by atoms with Gasteiger partial charge < -0.3 is 4.90 Å². The van der Waals surface area contributed by atoms with Crippen LogP contribution in [0.1, 0.15) is 19.3 Å². The van der Waals surface area contributed by atoms with Crippen molar-refractivity contribution in [1.29, 1.82) is 0 Å². The molecule has 3 aliphatic rings. The van der Waals surface area contributed by atoms with Crippen molar-refractivity contribution in [1.82, 2.24) is 9.88 Å². The zero-order chi connectivity index (χ0) is 11.3. The summed E-state index contributed by atoms with van der Waals surface area (Å²) in [6, 6.07) is 4.24. The lowest BCUT2D eigenvalue weighted by Crippen LogP contribution is -2.44. The molecule has 3 fully saturated rings. The molecular weight excluding hydrogens is 281 g/mol. The Hall–Kier alpha value is -0.510. The molecule has 1 atom stereocenters. The van der Waals surface area contributed by atoms with Crippen molar-refractivity contribution in [3.8, 4) is 0 Å². The molecule has 1 aromatic heterocycles. The largest absolute Gasteiger partial charge is 0.368 e. The Kier molecular flexibility index (Phi) is 4.29. The van der Waals surface area contributed by atoms with Gasteiger partial charge >= 0.3 is 0 Å². The molecule has 1 unspecified atom stereocenters. The van der Waals surface area contributed by atoms with Crippen LogP contribution in [0, 0.1) is 5.92 Å². The number of aromatic nitrogens is 1. The fourth-order valence-electron chi connectivity index (χ4n) is 4.29. The molecular formula is C14H21Cl2N3. The van der Waals surface area contributed by atoms with Gasteiger partial charge in [-0.2, -0.15) is 0 Å². The minimum Gasteiger partial charge on any atom is -0.368 e. The smallest absolute Gasteiger partial charge is 0.0553 e. The van der Waals surface area contributed by atoms with Gasteiger partial charge in [0.1, 0.15) is 0 Å². The Balaban J connectivity index is 0.000000667. The molecule has 1 aromatic rings. The zero-order valence-electron chi connectivity index (χ0n) is 11.0. The molecule has 1 spiro atoms. The molecule has 0 aromatic carbocycles. The molecule has 0 N–H and O–H groups in total. The number of anilines is 1. The first-order valence-electron chi connectivity index (χ1n) is 6.78. The summed E-state index contributed by atoms with van der Waals surface area (Å²) in [5.41, 5.74) is 1.83. The van der Waals surface area contributed by atoms with Crippen LogP contribution in [-0.4, -0.2) is 41.6 Å².